The van der Waals surface area contributed by atoms with Crippen LogP contribution in [0.1, 0.15) is 10.4 Å². The van der Waals surface area contributed by atoms with Crippen molar-refractivity contribution in [3.63, 3.8) is 0 Å². The normalized spacial score (nSPS) is 15.4. The largest absolute Gasteiger partial charge is 0.415 e. The Morgan fingerprint density at radius 3 is 2.47 bits per heavy atom. The Labute approximate surface area is 99.4 Å². The minimum absolute atomic E-state index is 0.342. The van der Waals surface area contributed by atoms with E-state index in [-0.39, 0.29) is 6.09 Å². The van der Waals surface area contributed by atoms with Gasteiger partial charge in [0, 0.05) is 31.7 Å². The Bertz CT molecular complexity index is 397. The standard InChI is InChI=1S/C12H14N2O3/c15-9-10-1-3-11(4-2-10)17-12(16)14-7-5-13-6-8-14/h1-4,9,13H,5-8H2. The number of nitrogens with one attached hydrogen (secondary N) is 1. The third kappa shape index (κ3) is 3.04. The lowest BCUT2D eigenvalue weighted by Gasteiger charge is -2.26. The zero-order valence-corrected chi connectivity index (χ0v) is 9.39. The number of nitrogens with zero attached hydrogens (tertiary/aromatic N) is 1. The molecule has 0 bridgehead atoms. The molecule has 1 aromatic carbocycles. The van der Waals surface area contributed by atoms with E-state index >= 15 is 0 Å². The Morgan fingerprint density at radius 2 is 1.88 bits per heavy atom. The van der Waals surface area contributed by atoms with E-state index in [1.54, 1.807) is 29.2 Å². The molecule has 1 heterocycles. The predicted octanol–water partition coefficient (Wildman–Crippen LogP) is 0.903. The first-order valence-electron chi connectivity index (χ1n) is 5.52. The molecule has 90 valence electrons. The van der Waals surface area contributed by atoms with Gasteiger partial charge in [0.1, 0.15) is 12.0 Å². The molecule has 5 nitrogen and oxygen atoms in total. The van der Waals surface area contributed by atoms with Crippen LogP contribution < -0.4 is 10.1 Å². The zero-order valence-electron chi connectivity index (χ0n) is 9.39. The van der Waals surface area contributed by atoms with Crippen LogP contribution in [0.25, 0.3) is 0 Å². The van der Waals surface area contributed by atoms with E-state index in [2.05, 4.69) is 5.32 Å². The van der Waals surface area contributed by atoms with Gasteiger partial charge in [-0.3, -0.25) is 4.79 Å². The molecule has 1 aliphatic rings. The second-order valence-electron chi connectivity index (χ2n) is 3.79. The van der Waals surface area contributed by atoms with Crippen molar-refractivity contribution in [2.45, 2.75) is 0 Å². The number of rotatable bonds is 2. The Morgan fingerprint density at radius 1 is 1.24 bits per heavy atom. The summed E-state index contributed by atoms with van der Waals surface area (Å²) in [5.74, 6) is 0.458. The van der Waals surface area contributed by atoms with Gasteiger partial charge in [-0.15, -0.1) is 0 Å². The smallest absolute Gasteiger partial charge is 0.410 e. The number of hydrogen-bond acceptors (Lipinski definition) is 4. The number of carbonyl (C=O) groups excluding carboxylic acids is 2. The van der Waals surface area contributed by atoms with Crippen molar-refractivity contribution < 1.29 is 14.3 Å². The first kappa shape index (κ1) is 11.6. The van der Waals surface area contributed by atoms with Gasteiger partial charge in [-0.05, 0) is 24.3 Å². The first-order chi connectivity index (χ1) is 8.29. The summed E-state index contributed by atoms with van der Waals surface area (Å²) in [7, 11) is 0. The maximum Gasteiger partial charge on any atom is 0.415 e. The minimum atomic E-state index is -0.342. The number of carbonyl (C=O) groups is 2. The van der Waals surface area contributed by atoms with Gasteiger partial charge in [0.25, 0.3) is 0 Å². The van der Waals surface area contributed by atoms with Crippen molar-refractivity contribution in [3.8, 4) is 5.75 Å². The van der Waals surface area contributed by atoms with Crippen LogP contribution in [0.15, 0.2) is 24.3 Å². The van der Waals surface area contributed by atoms with Gasteiger partial charge in [-0.25, -0.2) is 4.79 Å². The van der Waals surface area contributed by atoms with Gasteiger partial charge in [-0.2, -0.15) is 0 Å². The second-order valence-corrected chi connectivity index (χ2v) is 3.79. The third-order valence-corrected chi connectivity index (χ3v) is 2.60. The summed E-state index contributed by atoms with van der Waals surface area (Å²) >= 11 is 0. The molecule has 1 aromatic rings. The lowest BCUT2D eigenvalue weighted by molar-refractivity contribution is 0.112. The molecule has 1 fully saturated rings. The van der Waals surface area contributed by atoms with Crippen molar-refractivity contribution in [2.24, 2.45) is 0 Å². The van der Waals surface area contributed by atoms with Gasteiger partial charge in [0.05, 0.1) is 0 Å². The van der Waals surface area contributed by atoms with Crippen molar-refractivity contribution >= 4 is 12.4 Å². The van der Waals surface area contributed by atoms with Crippen LogP contribution in [-0.4, -0.2) is 43.5 Å². The molecule has 1 saturated heterocycles. The number of ether oxygens (including phenoxy) is 1. The van der Waals surface area contributed by atoms with Gasteiger partial charge in [-0.1, -0.05) is 0 Å². The van der Waals surface area contributed by atoms with Crippen LogP contribution >= 0.6 is 0 Å². The number of hydrogen-bond donors (Lipinski definition) is 1. The highest BCUT2D eigenvalue weighted by atomic mass is 16.6. The minimum Gasteiger partial charge on any atom is -0.410 e. The van der Waals surface area contributed by atoms with E-state index in [0.29, 0.717) is 24.4 Å². The van der Waals surface area contributed by atoms with Gasteiger partial charge >= 0.3 is 6.09 Å². The maximum atomic E-state index is 11.7. The van der Waals surface area contributed by atoms with Crippen molar-refractivity contribution in [2.75, 3.05) is 26.2 Å². The summed E-state index contributed by atoms with van der Waals surface area (Å²) in [6.45, 7) is 2.90. The molecule has 0 atom stereocenters. The molecule has 1 aliphatic heterocycles. The lowest BCUT2D eigenvalue weighted by Crippen LogP contribution is -2.47. The molecule has 17 heavy (non-hydrogen) atoms. The Balaban J connectivity index is 1.94. The molecule has 2 rings (SSSR count). The summed E-state index contributed by atoms with van der Waals surface area (Å²) in [6, 6.07) is 6.47. The average molecular weight is 234 g/mol. The summed E-state index contributed by atoms with van der Waals surface area (Å²) in [4.78, 5) is 23.8. The third-order valence-electron chi connectivity index (χ3n) is 2.60. The number of piperazine rings is 1. The fourth-order valence-corrected chi connectivity index (χ4v) is 1.63. The van der Waals surface area contributed by atoms with E-state index in [9.17, 15) is 9.59 Å². The van der Waals surface area contributed by atoms with Crippen molar-refractivity contribution in [1.82, 2.24) is 10.2 Å². The fourth-order valence-electron chi connectivity index (χ4n) is 1.63. The van der Waals surface area contributed by atoms with E-state index in [1.807, 2.05) is 0 Å². The van der Waals surface area contributed by atoms with E-state index in [4.69, 9.17) is 4.74 Å². The summed E-state index contributed by atoms with van der Waals surface area (Å²) < 4.78 is 5.20. The highest BCUT2D eigenvalue weighted by Crippen LogP contribution is 2.12. The maximum absolute atomic E-state index is 11.7. The van der Waals surface area contributed by atoms with Crippen LogP contribution in [0, 0.1) is 0 Å². The molecule has 0 aromatic heterocycles. The first-order valence-corrected chi connectivity index (χ1v) is 5.52. The van der Waals surface area contributed by atoms with Gasteiger partial charge in [0.2, 0.25) is 0 Å². The van der Waals surface area contributed by atoms with Crippen LogP contribution in [0.2, 0.25) is 0 Å². The summed E-state index contributed by atoms with van der Waals surface area (Å²) in [6.07, 6.45) is 0.410. The molecular formula is C12H14N2O3. The average Bonchev–Trinajstić information content (AvgIpc) is 2.40. The van der Waals surface area contributed by atoms with Crippen molar-refractivity contribution in [3.05, 3.63) is 29.8 Å². The molecule has 0 radical (unpaired) electrons. The second kappa shape index (κ2) is 5.45. The summed E-state index contributed by atoms with van der Waals surface area (Å²) in [5.41, 5.74) is 0.562. The SMILES string of the molecule is O=Cc1ccc(OC(=O)N2CCNCC2)cc1. The monoisotopic (exact) mass is 234 g/mol. The van der Waals surface area contributed by atoms with Crippen LogP contribution in [0.5, 0.6) is 5.75 Å². The highest BCUT2D eigenvalue weighted by molar-refractivity contribution is 5.75. The molecule has 0 spiro atoms. The highest BCUT2D eigenvalue weighted by Gasteiger charge is 2.17. The Hall–Kier alpha value is -1.88. The topological polar surface area (TPSA) is 58.6 Å². The van der Waals surface area contributed by atoms with Gasteiger partial charge in [0.15, 0.2) is 0 Å². The van der Waals surface area contributed by atoms with E-state index in [1.165, 1.54) is 0 Å². The fraction of sp³-hybridized carbons (Fsp3) is 0.333. The number of benzene rings is 1. The van der Waals surface area contributed by atoms with Crippen molar-refractivity contribution in [1.29, 1.82) is 0 Å². The molecule has 0 saturated carbocycles. The van der Waals surface area contributed by atoms with Gasteiger partial charge < -0.3 is 15.0 Å². The van der Waals surface area contributed by atoms with E-state index < -0.39 is 0 Å². The van der Waals surface area contributed by atoms with Crippen LogP contribution in [0.3, 0.4) is 0 Å². The molecule has 0 unspecified atom stereocenters. The number of amides is 1. The quantitative estimate of drug-likeness (QED) is 0.772. The van der Waals surface area contributed by atoms with E-state index in [0.717, 1.165) is 19.4 Å². The Kier molecular flexibility index (Phi) is 3.72. The zero-order chi connectivity index (χ0) is 12.1. The lowest BCUT2D eigenvalue weighted by atomic mass is 10.2. The molecule has 1 amide bonds. The predicted molar refractivity (Wildman–Crippen MR) is 62.3 cm³/mol. The van der Waals surface area contributed by atoms with Crippen LogP contribution in [0.4, 0.5) is 4.79 Å². The molecule has 0 aliphatic carbocycles. The molecular weight excluding hydrogens is 220 g/mol. The number of aldehydes is 1. The van der Waals surface area contributed by atoms with Crippen LogP contribution in [-0.2, 0) is 0 Å². The summed E-state index contributed by atoms with van der Waals surface area (Å²) in [5, 5.41) is 3.16. The molecule has 1 N–H and O–H groups in total. The molecule has 5 heteroatoms.